The van der Waals surface area contributed by atoms with E-state index in [1.54, 1.807) is 14.0 Å². The molecule has 1 aromatic carbocycles. The van der Waals surface area contributed by atoms with Crippen molar-refractivity contribution in [3.05, 3.63) is 24.3 Å². The highest BCUT2D eigenvalue weighted by molar-refractivity contribution is 5.64. The van der Waals surface area contributed by atoms with Crippen molar-refractivity contribution in [2.75, 3.05) is 7.11 Å². The molecule has 0 saturated carbocycles. The minimum atomic E-state index is 0.779. The third-order valence-electron chi connectivity index (χ3n) is 1.32. The number of ether oxygens (including phenoxy) is 1. The lowest BCUT2D eigenvalue weighted by Crippen LogP contribution is -1.81. The number of benzene rings is 1. The molecular formula is C9H10NO-. The quantitative estimate of drug-likeness (QED) is 0.465. The molecule has 0 unspecified atom stereocenters. The molecule has 0 amide bonds. The summed E-state index contributed by atoms with van der Waals surface area (Å²) in [7, 11) is 1.63. The standard InChI is InChI=1S/C9H10NO/c1-3-10-8-6-4-5-7-9(8)11-2/h4-7H,1-2H3/q-1. The number of methoxy groups -OCH3 is 1. The Morgan fingerprint density at radius 3 is 2.73 bits per heavy atom. The molecule has 0 aliphatic heterocycles. The van der Waals surface area contributed by atoms with Crippen LogP contribution in [-0.4, -0.2) is 13.3 Å². The largest absolute Gasteiger partial charge is 0.513 e. The van der Waals surface area contributed by atoms with Crippen molar-refractivity contribution in [3.8, 4) is 5.75 Å². The normalized spacial score (nSPS) is 10.4. The van der Waals surface area contributed by atoms with Crippen molar-refractivity contribution in [1.29, 1.82) is 0 Å². The van der Waals surface area contributed by atoms with Crippen LogP contribution in [0.3, 0.4) is 0 Å². The Labute approximate surface area is 66.5 Å². The van der Waals surface area contributed by atoms with Gasteiger partial charge in [-0.1, -0.05) is 17.8 Å². The average molecular weight is 148 g/mol. The van der Waals surface area contributed by atoms with E-state index < -0.39 is 0 Å². The summed E-state index contributed by atoms with van der Waals surface area (Å²) in [5.41, 5.74) is 0.817. The van der Waals surface area contributed by atoms with Gasteiger partial charge in [-0.05, 0) is 6.07 Å². The lowest BCUT2D eigenvalue weighted by atomic mass is 10.3. The van der Waals surface area contributed by atoms with E-state index in [0.717, 1.165) is 11.4 Å². The molecule has 0 heterocycles. The number of hydrogen-bond donors (Lipinski definition) is 0. The van der Waals surface area contributed by atoms with E-state index in [9.17, 15) is 0 Å². The zero-order valence-electron chi connectivity index (χ0n) is 6.66. The highest BCUT2D eigenvalue weighted by Gasteiger charge is 1.86. The zero-order valence-corrected chi connectivity index (χ0v) is 6.66. The Kier molecular flexibility index (Phi) is 2.66. The Bertz CT molecular complexity index is 255. The Morgan fingerprint density at radius 1 is 1.36 bits per heavy atom. The summed E-state index contributed by atoms with van der Waals surface area (Å²) >= 11 is 0. The molecule has 0 radical (unpaired) electrons. The molecule has 0 saturated heterocycles. The molecule has 0 bridgehead atoms. The molecule has 1 rings (SSSR count). The topological polar surface area (TPSA) is 21.6 Å². The molecule has 2 nitrogen and oxygen atoms in total. The van der Waals surface area contributed by atoms with Crippen molar-refractivity contribution in [2.24, 2.45) is 4.99 Å². The third kappa shape index (κ3) is 1.80. The summed E-state index contributed by atoms with van der Waals surface area (Å²) in [6, 6.07) is 7.58. The highest BCUT2D eigenvalue weighted by Crippen LogP contribution is 2.25. The van der Waals surface area contributed by atoms with Gasteiger partial charge in [0.05, 0.1) is 12.9 Å². The van der Waals surface area contributed by atoms with Crippen molar-refractivity contribution >= 4 is 11.9 Å². The number of hydrogen-bond acceptors (Lipinski definition) is 2. The van der Waals surface area contributed by atoms with Gasteiger partial charge in [-0.15, -0.1) is 13.0 Å². The lowest BCUT2D eigenvalue weighted by molar-refractivity contribution is 0.416. The zero-order chi connectivity index (χ0) is 8.10. The van der Waals surface area contributed by atoms with Crippen LogP contribution in [0.15, 0.2) is 29.3 Å². The summed E-state index contributed by atoms with van der Waals surface area (Å²) in [6.45, 7) is 1.76. The highest BCUT2D eigenvalue weighted by atomic mass is 16.5. The SMILES string of the molecule is C[C-]=Nc1ccccc1OC. The van der Waals surface area contributed by atoms with E-state index in [4.69, 9.17) is 4.74 Å². The maximum absolute atomic E-state index is 5.06. The number of aliphatic imine (C=N–C) groups is 1. The molecule has 1 aromatic rings. The van der Waals surface area contributed by atoms with Crippen LogP contribution in [0.5, 0.6) is 5.75 Å². The summed E-state index contributed by atoms with van der Waals surface area (Å²) in [5.74, 6) is 0.779. The predicted molar refractivity (Wildman–Crippen MR) is 45.8 cm³/mol. The molecule has 0 N–H and O–H groups in total. The van der Waals surface area contributed by atoms with E-state index in [1.807, 2.05) is 24.3 Å². The first-order valence-electron chi connectivity index (χ1n) is 3.39. The van der Waals surface area contributed by atoms with Crippen molar-refractivity contribution < 1.29 is 4.74 Å². The van der Waals surface area contributed by atoms with Crippen molar-refractivity contribution in [1.82, 2.24) is 0 Å². The minimum absolute atomic E-state index is 0.779. The van der Waals surface area contributed by atoms with Gasteiger partial charge in [0.25, 0.3) is 0 Å². The molecule has 58 valence electrons. The summed E-state index contributed by atoms with van der Waals surface area (Å²) in [4.78, 5) is 4.00. The van der Waals surface area contributed by atoms with Crippen LogP contribution in [0.4, 0.5) is 5.69 Å². The van der Waals surface area contributed by atoms with E-state index in [-0.39, 0.29) is 0 Å². The average Bonchev–Trinajstić information content (AvgIpc) is 2.06. The summed E-state index contributed by atoms with van der Waals surface area (Å²) in [6.07, 6.45) is 2.70. The molecule has 2 heteroatoms. The molecule has 0 spiro atoms. The summed E-state index contributed by atoms with van der Waals surface area (Å²) < 4.78 is 5.06. The van der Waals surface area contributed by atoms with Crippen LogP contribution in [-0.2, 0) is 0 Å². The van der Waals surface area contributed by atoms with Crippen LogP contribution in [0, 0.1) is 0 Å². The van der Waals surface area contributed by atoms with Gasteiger partial charge in [0, 0.05) is 0 Å². The van der Waals surface area contributed by atoms with Crippen molar-refractivity contribution in [2.45, 2.75) is 6.92 Å². The Balaban J connectivity index is 3.02. The van der Waals surface area contributed by atoms with Gasteiger partial charge in [-0.2, -0.15) is 6.21 Å². The fourth-order valence-electron chi connectivity index (χ4n) is 0.843. The van der Waals surface area contributed by atoms with Gasteiger partial charge in [-0.3, -0.25) is 0 Å². The first kappa shape index (κ1) is 7.79. The smallest absolute Gasteiger partial charge is 0.0753 e. The second-order valence-corrected chi connectivity index (χ2v) is 2.01. The van der Waals surface area contributed by atoms with E-state index >= 15 is 0 Å². The Hall–Kier alpha value is -1.31. The molecule has 0 aliphatic carbocycles. The summed E-state index contributed by atoms with van der Waals surface area (Å²) in [5, 5.41) is 0. The van der Waals surface area contributed by atoms with Gasteiger partial charge in [0.2, 0.25) is 0 Å². The first-order valence-corrected chi connectivity index (χ1v) is 3.39. The molecular weight excluding hydrogens is 138 g/mol. The first-order chi connectivity index (χ1) is 5.38. The van der Waals surface area contributed by atoms with E-state index in [1.165, 1.54) is 0 Å². The molecule has 0 aromatic heterocycles. The van der Waals surface area contributed by atoms with Crippen molar-refractivity contribution in [3.63, 3.8) is 0 Å². The van der Waals surface area contributed by atoms with E-state index in [0.29, 0.717) is 0 Å². The second kappa shape index (κ2) is 3.76. The van der Waals surface area contributed by atoms with Gasteiger partial charge < -0.3 is 9.73 Å². The predicted octanol–water partition coefficient (Wildman–Crippen LogP) is 2.29. The van der Waals surface area contributed by atoms with Crippen LogP contribution < -0.4 is 4.74 Å². The number of para-hydroxylation sites is 2. The second-order valence-electron chi connectivity index (χ2n) is 2.01. The molecule has 11 heavy (non-hydrogen) atoms. The van der Waals surface area contributed by atoms with Gasteiger partial charge in [0.15, 0.2) is 0 Å². The molecule has 0 atom stereocenters. The van der Waals surface area contributed by atoms with Gasteiger partial charge >= 0.3 is 0 Å². The number of rotatable bonds is 2. The molecule has 0 fully saturated rings. The van der Waals surface area contributed by atoms with Gasteiger partial charge in [-0.25, -0.2) is 0 Å². The van der Waals surface area contributed by atoms with Crippen LogP contribution in [0.2, 0.25) is 0 Å². The maximum Gasteiger partial charge on any atom is 0.0753 e. The molecule has 0 aliphatic rings. The maximum atomic E-state index is 5.06. The number of nitrogens with zero attached hydrogens (tertiary/aromatic N) is 1. The van der Waals surface area contributed by atoms with Crippen LogP contribution in [0.1, 0.15) is 6.92 Å². The Morgan fingerprint density at radius 2 is 2.09 bits per heavy atom. The fraction of sp³-hybridized carbons (Fsp3) is 0.222. The van der Waals surface area contributed by atoms with E-state index in [2.05, 4.69) is 11.2 Å². The fourth-order valence-corrected chi connectivity index (χ4v) is 0.843. The minimum Gasteiger partial charge on any atom is -0.513 e. The van der Waals surface area contributed by atoms with Gasteiger partial charge in [0.1, 0.15) is 0 Å². The lowest BCUT2D eigenvalue weighted by Gasteiger charge is -2.10. The van der Waals surface area contributed by atoms with Crippen LogP contribution >= 0.6 is 0 Å². The third-order valence-corrected chi connectivity index (χ3v) is 1.32. The van der Waals surface area contributed by atoms with Crippen LogP contribution in [0.25, 0.3) is 0 Å². The monoisotopic (exact) mass is 148 g/mol.